The molecule has 1 aliphatic heterocycles. The second kappa shape index (κ2) is 11.4. The Bertz CT molecular complexity index is 1110. The molecule has 0 radical (unpaired) electrons. The fraction of sp³-hybridized carbons (Fsp3) is 0.346. The quantitative estimate of drug-likeness (QED) is 0.391. The molecule has 1 aliphatic rings. The Kier molecular flexibility index (Phi) is 8.29. The smallest absolute Gasteiger partial charge is 0.341 e. The van der Waals surface area contributed by atoms with Crippen LogP contribution in [0.3, 0.4) is 0 Å². The van der Waals surface area contributed by atoms with Gasteiger partial charge in [0.25, 0.3) is 0 Å². The predicted molar refractivity (Wildman–Crippen MR) is 129 cm³/mol. The molecule has 0 bridgehead atoms. The Balaban J connectivity index is 1.93. The van der Waals surface area contributed by atoms with Crippen molar-refractivity contribution in [2.75, 3.05) is 24.4 Å². The second-order valence-corrected chi connectivity index (χ2v) is 7.95. The molecule has 2 N–H and O–H groups in total. The maximum absolute atomic E-state index is 12.8. The monoisotopic (exact) mass is 466 g/mol. The van der Waals surface area contributed by atoms with Crippen LogP contribution >= 0.6 is 0 Å². The van der Waals surface area contributed by atoms with E-state index in [0.717, 1.165) is 11.1 Å². The molecule has 2 aromatic carbocycles. The molecule has 2 amide bonds. The van der Waals surface area contributed by atoms with Gasteiger partial charge in [-0.05, 0) is 51.3 Å². The number of hydrogen-bond acceptors (Lipinski definition) is 6. The molecule has 3 rings (SSSR count). The van der Waals surface area contributed by atoms with Gasteiger partial charge in [-0.3, -0.25) is 4.79 Å². The summed E-state index contributed by atoms with van der Waals surface area (Å²) in [5, 5.41) is 5.62. The highest BCUT2D eigenvalue weighted by molar-refractivity contribution is 6.08. The number of rotatable bonds is 9. The van der Waals surface area contributed by atoms with E-state index < -0.39 is 12.0 Å². The third kappa shape index (κ3) is 5.75. The Morgan fingerprint density at radius 2 is 1.88 bits per heavy atom. The van der Waals surface area contributed by atoms with Crippen molar-refractivity contribution in [1.82, 2.24) is 0 Å². The van der Waals surface area contributed by atoms with Crippen molar-refractivity contribution < 1.29 is 28.6 Å². The summed E-state index contributed by atoms with van der Waals surface area (Å²) >= 11 is 0. The maximum Gasteiger partial charge on any atom is 0.341 e. The Labute approximate surface area is 199 Å². The number of benzene rings is 2. The minimum absolute atomic E-state index is 0.125. The van der Waals surface area contributed by atoms with Gasteiger partial charge in [-0.25, -0.2) is 9.59 Å². The Morgan fingerprint density at radius 3 is 2.56 bits per heavy atom. The number of cyclic esters (lactones) is 1. The number of anilines is 2. The number of carbonyl (C=O) groups is 3. The normalized spacial score (nSPS) is 12.6. The van der Waals surface area contributed by atoms with Gasteiger partial charge in [0.15, 0.2) is 0 Å². The van der Waals surface area contributed by atoms with Gasteiger partial charge in [-0.2, -0.15) is 0 Å². The van der Waals surface area contributed by atoms with Gasteiger partial charge in [0.05, 0.1) is 25.0 Å². The number of allylic oxidation sites excluding steroid dienone is 2. The van der Waals surface area contributed by atoms with Crippen molar-refractivity contribution in [3.8, 4) is 5.75 Å². The fourth-order valence-corrected chi connectivity index (χ4v) is 3.90. The summed E-state index contributed by atoms with van der Waals surface area (Å²) in [6.45, 7) is 6.05. The summed E-state index contributed by atoms with van der Waals surface area (Å²) in [4.78, 5) is 37.1. The number of ether oxygens (including phenoxy) is 3. The van der Waals surface area contributed by atoms with E-state index in [2.05, 4.69) is 10.6 Å². The topological polar surface area (TPSA) is 103 Å². The van der Waals surface area contributed by atoms with Crippen molar-refractivity contribution in [3.63, 3.8) is 0 Å². The van der Waals surface area contributed by atoms with E-state index in [1.807, 2.05) is 38.1 Å². The highest BCUT2D eigenvalue weighted by Gasteiger charge is 2.32. The predicted octanol–water partition coefficient (Wildman–Crippen LogP) is 5.15. The molecule has 0 aromatic heterocycles. The van der Waals surface area contributed by atoms with Crippen molar-refractivity contribution >= 4 is 29.3 Å². The number of carbonyl (C=O) groups excluding carboxylic acids is 3. The van der Waals surface area contributed by atoms with Gasteiger partial charge in [-0.1, -0.05) is 29.8 Å². The minimum Gasteiger partial charge on any atom is -0.496 e. The van der Waals surface area contributed by atoms with E-state index in [-0.39, 0.29) is 19.0 Å². The molecule has 2 aromatic rings. The molecule has 0 aliphatic carbocycles. The van der Waals surface area contributed by atoms with Crippen LogP contribution in [0.4, 0.5) is 16.2 Å². The number of nitrogens with one attached hydrogen (secondary N) is 2. The van der Waals surface area contributed by atoms with Crippen LogP contribution in [0.1, 0.15) is 53.7 Å². The lowest BCUT2D eigenvalue weighted by atomic mass is 9.93. The lowest BCUT2D eigenvalue weighted by Crippen LogP contribution is -2.22. The summed E-state index contributed by atoms with van der Waals surface area (Å²) in [5.74, 6) is -0.148. The van der Waals surface area contributed by atoms with Crippen LogP contribution in [0.5, 0.6) is 5.75 Å². The molecule has 8 nitrogen and oxygen atoms in total. The number of esters is 2. The van der Waals surface area contributed by atoms with Gasteiger partial charge < -0.3 is 24.8 Å². The highest BCUT2D eigenvalue weighted by Crippen LogP contribution is 2.41. The van der Waals surface area contributed by atoms with Crippen molar-refractivity contribution in [1.29, 1.82) is 0 Å². The lowest BCUT2D eigenvalue weighted by Gasteiger charge is -2.20. The standard InChI is InChI=1S/C26H30N2O6/c1-5-33-21(29)14-12-16(2)11-13-19-23(28-26(31)27-18-9-7-6-8-10-18)22-20(15-34-25(22)30)17(3)24(19)32-4/h6-11H,5,12-15H2,1-4H3,(H2,27,28,31)/b16-11+. The molecular weight excluding hydrogens is 436 g/mol. The lowest BCUT2D eigenvalue weighted by molar-refractivity contribution is -0.143. The zero-order chi connectivity index (χ0) is 24.7. The number of fused-ring (bicyclic) bond motifs is 1. The molecule has 0 fully saturated rings. The molecule has 0 saturated heterocycles. The first-order chi connectivity index (χ1) is 16.3. The Morgan fingerprint density at radius 1 is 1.15 bits per heavy atom. The molecule has 1 heterocycles. The molecule has 0 spiro atoms. The zero-order valence-electron chi connectivity index (χ0n) is 19.9. The number of hydrogen-bond donors (Lipinski definition) is 2. The van der Waals surface area contributed by atoms with E-state index in [1.165, 1.54) is 0 Å². The SMILES string of the molecule is CCOC(=O)CC/C(C)=C/Cc1c(NC(=O)Nc2ccccc2)c2c(c(C)c1OC)COC2=O. The van der Waals surface area contributed by atoms with Gasteiger partial charge in [0, 0.05) is 23.2 Å². The minimum atomic E-state index is -0.486. The van der Waals surface area contributed by atoms with Crippen molar-refractivity contribution in [3.05, 3.63) is 64.2 Å². The van der Waals surface area contributed by atoms with Crippen LogP contribution < -0.4 is 15.4 Å². The van der Waals surface area contributed by atoms with E-state index in [1.54, 1.807) is 26.2 Å². The van der Waals surface area contributed by atoms with Gasteiger partial charge in [0.1, 0.15) is 12.4 Å². The van der Waals surface area contributed by atoms with Crippen LogP contribution in [0.25, 0.3) is 0 Å². The van der Waals surface area contributed by atoms with E-state index in [9.17, 15) is 14.4 Å². The van der Waals surface area contributed by atoms with Crippen LogP contribution in [0.2, 0.25) is 0 Å². The molecular formula is C26H30N2O6. The molecule has 0 saturated carbocycles. The third-order valence-corrected chi connectivity index (χ3v) is 5.63. The summed E-state index contributed by atoms with van der Waals surface area (Å²) in [7, 11) is 1.56. The number of methoxy groups -OCH3 is 1. The van der Waals surface area contributed by atoms with Crippen LogP contribution in [0, 0.1) is 6.92 Å². The summed E-state index contributed by atoms with van der Waals surface area (Å²) in [6.07, 6.45) is 3.18. The van der Waals surface area contributed by atoms with Gasteiger partial charge in [-0.15, -0.1) is 0 Å². The van der Waals surface area contributed by atoms with Crippen LogP contribution in [-0.4, -0.2) is 31.7 Å². The third-order valence-electron chi connectivity index (χ3n) is 5.63. The van der Waals surface area contributed by atoms with Crippen LogP contribution in [0.15, 0.2) is 42.0 Å². The summed E-state index contributed by atoms with van der Waals surface area (Å²) < 4.78 is 16.0. The molecule has 0 atom stereocenters. The van der Waals surface area contributed by atoms with E-state index in [4.69, 9.17) is 14.2 Å². The molecule has 34 heavy (non-hydrogen) atoms. The first-order valence-corrected chi connectivity index (χ1v) is 11.2. The number of para-hydroxylation sites is 1. The zero-order valence-corrected chi connectivity index (χ0v) is 19.9. The average Bonchev–Trinajstić information content (AvgIpc) is 3.21. The van der Waals surface area contributed by atoms with Crippen LogP contribution in [-0.2, 0) is 27.3 Å². The number of urea groups is 1. The van der Waals surface area contributed by atoms with E-state index in [0.29, 0.717) is 53.3 Å². The summed E-state index contributed by atoms with van der Waals surface area (Å²) in [5.41, 5.74) is 4.46. The van der Waals surface area contributed by atoms with Crippen molar-refractivity contribution in [2.45, 2.75) is 46.6 Å². The molecule has 0 unspecified atom stereocenters. The average molecular weight is 467 g/mol. The Hall–Kier alpha value is -3.81. The number of amides is 2. The summed E-state index contributed by atoms with van der Waals surface area (Å²) in [6, 6.07) is 8.54. The molecule has 180 valence electrons. The fourth-order valence-electron chi connectivity index (χ4n) is 3.90. The van der Waals surface area contributed by atoms with E-state index >= 15 is 0 Å². The van der Waals surface area contributed by atoms with Gasteiger partial charge >= 0.3 is 18.0 Å². The first kappa shape index (κ1) is 24.8. The molecule has 8 heteroatoms. The van der Waals surface area contributed by atoms with Crippen molar-refractivity contribution in [2.24, 2.45) is 0 Å². The first-order valence-electron chi connectivity index (χ1n) is 11.2. The maximum atomic E-state index is 12.8. The highest BCUT2D eigenvalue weighted by atomic mass is 16.5. The van der Waals surface area contributed by atoms with Gasteiger partial charge in [0.2, 0.25) is 0 Å². The second-order valence-electron chi connectivity index (χ2n) is 7.95. The largest absolute Gasteiger partial charge is 0.496 e.